The molecule has 2 nitrogen and oxygen atoms in total. The molecule has 14 heavy (non-hydrogen) atoms. The summed E-state index contributed by atoms with van der Waals surface area (Å²) in [7, 11) is 0. The second kappa shape index (κ2) is 3.39. The summed E-state index contributed by atoms with van der Waals surface area (Å²) in [5.74, 6) is 0. The molecule has 1 heterocycles. The second-order valence-electron chi connectivity index (χ2n) is 3.60. The minimum Gasteiger partial charge on any atom is -0.326 e. The second-order valence-corrected chi connectivity index (χ2v) is 3.60. The van der Waals surface area contributed by atoms with E-state index in [1.165, 1.54) is 10.9 Å². The van der Waals surface area contributed by atoms with Crippen LogP contribution in [-0.4, -0.2) is 4.98 Å². The monoisotopic (exact) mass is 186 g/mol. The number of para-hydroxylation sites is 1. The first-order valence-electron chi connectivity index (χ1n) is 4.78. The third kappa shape index (κ3) is 1.38. The quantitative estimate of drug-likeness (QED) is 0.742. The molecule has 0 saturated carbocycles. The van der Waals surface area contributed by atoms with Gasteiger partial charge in [-0.2, -0.15) is 0 Å². The zero-order valence-electron chi connectivity index (χ0n) is 8.54. The molecule has 0 saturated heterocycles. The lowest BCUT2D eigenvalue weighted by Gasteiger charge is -2.06. The molecule has 1 aromatic carbocycles. The molecule has 2 N–H and O–H groups in total. The van der Waals surface area contributed by atoms with E-state index in [2.05, 4.69) is 24.0 Å². The maximum absolute atomic E-state index is 5.68. The van der Waals surface area contributed by atoms with Gasteiger partial charge in [-0.3, -0.25) is 4.98 Å². The van der Waals surface area contributed by atoms with E-state index < -0.39 is 0 Å². The number of benzene rings is 1. The van der Waals surface area contributed by atoms with Gasteiger partial charge in [0.15, 0.2) is 0 Å². The molecule has 0 aliphatic heterocycles. The Morgan fingerprint density at radius 2 is 2.07 bits per heavy atom. The number of hydrogen-bond donors (Lipinski definition) is 1. The minimum atomic E-state index is 0.549. The largest absolute Gasteiger partial charge is 0.326 e. The lowest BCUT2D eigenvalue weighted by Crippen LogP contribution is -1.99. The van der Waals surface area contributed by atoms with Crippen LogP contribution in [0.2, 0.25) is 0 Å². The Hall–Kier alpha value is -1.41. The number of aromatic nitrogens is 1. The molecule has 1 aromatic heterocycles. The molecule has 0 spiro atoms. The fourth-order valence-corrected chi connectivity index (χ4v) is 1.81. The third-order valence-corrected chi connectivity index (χ3v) is 2.48. The van der Waals surface area contributed by atoms with Crippen LogP contribution < -0.4 is 5.73 Å². The predicted molar refractivity (Wildman–Crippen MR) is 59.1 cm³/mol. The number of pyridine rings is 1. The Bertz CT molecular complexity index is 475. The molecule has 0 aliphatic rings. The lowest BCUT2D eigenvalue weighted by atomic mass is 10.1. The van der Waals surface area contributed by atoms with Gasteiger partial charge in [-0.15, -0.1) is 0 Å². The molecule has 0 atom stereocenters. The van der Waals surface area contributed by atoms with Crippen LogP contribution in [0, 0.1) is 13.8 Å². The van der Waals surface area contributed by atoms with Crippen molar-refractivity contribution in [2.45, 2.75) is 20.4 Å². The number of nitrogens with two attached hydrogens (primary N) is 1. The Morgan fingerprint density at radius 3 is 2.79 bits per heavy atom. The van der Waals surface area contributed by atoms with Crippen molar-refractivity contribution in [3.8, 4) is 0 Å². The number of rotatable bonds is 1. The first-order chi connectivity index (χ1) is 6.72. The first kappa shape index (κ1) is 9.16. The van der Waals surface area contributed by atoms with Gasteiger partial charge in [0.1, 0.15) is 0 Å². The SMILES string of the molecule is Cc1cc(C)c2cccc(CN)c2n1. The Kier molecular flexibility index (Phi) is 2.22. The molecule has 2 rings (SSSR count). The Morgan fingerprint density at radius 1 is 1.29 bits per heavy atom. The predicted octanol–water partition coefficient (Wildman–Crippen LogP) is 2.31. The molecule has 72 valence electrons. The summed E-state index contributed by atoms with van der Waals surface area (Å²) in [4.78, 5) is 4.53. The van der Waals surface area contributed by atoms with E-state index in [0.717, 1.165) is 16.8 Å². The van der Waals surface area contributed by atoms with Crippen LogP contribution in [0.4, 0.5) is 0 Å². The van der Waals surface area contributed by atoms with Crippen LogP contribution in [-0.2, 0) is 6.54 Å². The van der Waals surface area contributed by atoms with E-state index in [4.69, 9.17) is 5.73 Å². The van der Waals surface area contributed by atoms with Crippen molar-refractivity contribution in [2.24, 2.45) is 5.73 Å². The number of nitrogens with zero attached hydrogens (tertiary/aromatic N) is 1. The van der Waals surface area contributed by atoms with Gasteiger partial charge in [0, 0.05) is 17.6 Å². The highest BCUT2D eigenvalue weighted by molar-refractivity contribution is 5.85. The van der Waals surface area contributed by atoms with E-state index in [1.54, 1.807) is 0 Å². The van der Waals surface area contributed by atoms with Crippen LogP contribution >= 0.6 is 0 Å². The highest BCUT2D eigenvalue weighted by Crippen LogP contribution is 2.20. The molecule has 0 radical (unpaired) electrons. The van der Waals surface area contributed by atoms with Gasteiger partial charge in [-0.05, 0) is 31.0 Å². The van der Waals surface area contributed by atoms with Crippen molar-refractivity contribution in [3.63, 3.8) is 0 Å². The van der Waals surface area contributed by atoms with E-state index in [9.17, 15) is 0 Å². The van der Waals surface area contributed by atoms with Gasteiger partial charge in [-0.25, -0.2) is 0 Å². The fourth-order valence-electron chi connectivity index (χ4n) is 1.81. The molecular weight excluding hydrogens is 172 g/mol. The Labute approximate surface area is 83.8 Å². The maximum atomic E-state index is 5.68. The molecule has 2 aromatic rings. The van der Waals surface area contributed by atoms with Crippen molar-refractivity contribution in [1.29, 1.82) is 0 Å². The normalized spacial score (nSPS) is 10.8. The average Bonchev–Trinajstić information content (AvgIpc) is 2.17. The van der Waals surface area contributed by atoms with E-state index in [0.29, 0.717) is 6.54 Å². The van der Waals surface area contributed by atoms with Crippen molar-refractivity contribution in [2.75, 3.05) is 0 Å². The van der Waals surface area contributed by atoms with Gasteiger partial charge >= 0.3 is 0 Å². The smallest absolute Gasteiger partial charge is 0.0752 e. The topological polar surface area (TPSA) is 38.9 Å². The van der Waals surface area contributed by atoms with E-state index in [1.807, 2.05) is 19.1 Å². The average molecular weight is 186 g/mol. The standard InChI is InChI=1S/C12H14N2/c1-8-6-9(2)14-12-10(7-13)4-3-5-11(8)12/h3-6H,7,13H2,1-2H3. The molecule has 0 amide bonds. The molecule has 0 aliphatic carbocycles. The summed E-state index contributed by atoms with van der Waals surface area (Å²) in [5.41, 5.74) is 10.2. The highest BCUT2D eigenvalue weighted by atomic mass is 14.7. The third-order valence-electron chi connectivity index (χ3n) is 2.48. The summed E-state index contributed by atoms with van der Waals surface area (Å²) in [6.07, 6.45) is 0. The molecule has 0 bridgehead atoms. The van der Waals surface area contributed by atoms with Gasteiger partial charge in [0.05, 0.1) is 5.52 Å². The first-order valence-corrected chi connectivity index (χ1v) is 4.78. The fraction of sp³-hybridized carbons (Fsp3) is 0.250. The summed E-state index contributed by atoms with van der Waals surface area (Å²) in [6.45, 7) is 4.67. The Balaban J connectivity index is 2.86. The van der Waals surface area contributed by atoms with Crippen molar-refractivity contribution < 1.29 is 0 Å². The zero-order chi connectivity index (χ0) is 10.1. The molecule has 0 unspecified atom stereocenters. The van der Waals surface area contributed by atoms with Gasteiger partial charge in [0.2, 0.25) is 0 Å². The summed E-state index contributed by atoms with van der Waals surface area (Å²) in [6, 6.07) is 8.27. The molecule has 0 fully saturated rings. The maximum Gasteiger partial charge on any atom is 0.0752 e. The van der Waals surface area contributed by atoms with Crippen molar-refractivity contribution in [1.82, 2.24) is 4.98 Å². The zero-order valence-corrected chi connectivity index (χ0v) is 8.54. The van der Waals surface area contributed by atoms with Gasteiger partial charge in [0.25, 0.3) is 0 Å². The van der Waals surface area contributed by atoms with Crippen LogP contribution in [0.3, 0.4) is 0 Å². The van der Waals surface area contributed by atoms with Crippen LogP contribution in [0.1, 0.15) is 16.8 Å². The van der Waals surface area contributed by atoms with Crippen LogP contribution in [0.25, 0.3) is 10.9 Å². The van der Waals surface area contributed by atoms with E-state index in [-0.39, 0.29) is 0 Å². The summed E-state index contributed by atoms with van der Waals surface area (Å²) < 4.78 is 0. The number of fused-ring (bicyclic) bond motifs is 1. The summed E-state index contributed by atoms with van der Waals surface area (Å²) >= 11 is 0. The van der Waals surface area contributed by atoms with Crippen molar-refractivity contribution in [3.05, 3.63) is 41.1 Å². The molecule has 2 heteroatoms. The van der Waals surface area contributed by atoms with Gasteiger partial charge < -0.3 is 5.73 Å². The number of aryl methyl sites for hydroxylation is 2. The van der Waals surface area contributed by atoms with Crippen molar-refractivity contribution >= 4 is 10.9 Å². The van der Waals surface area contributed by atoms with E-state index >= 15 is 0 Å². The summed E-state index contributed by atoms with van der Waals surface area (Å²) in [5, 5.41) is 1.21. The van der Waals surface area contributed by atoms with Crippen LogP contribution in [0.5, 0.6) is 0 Å². The minimum absolute atomic E-state index is 0.549. The number of hydrogen-bond acceptors (Lipinski definition) is 2. The molecular formula is C12H14N2. The van der Waals surface area contributed by atoms with Gasteiger partial charge in [-0.1, -0.05) is 18.2 Å². The highest BCUT2D eigenvalue weighted by Gasteiger charge is 2.03. The lowest BCUT2D eigenvalue weighted by molar-refractivity contribution is 1.07. The van der Waals surface area contributed by atoms with Crippen LogP contribution in [0.15, 0.2) is 24.3 Å².